The fourth-order valence-corrected chi connectivity index (χ4v) is 8.60. The maximum Gasteiger partial charge on any atom is 0.164 e. The Bertz CT molecular complexity index is 3410. The number of benzene rings is 9. The maximum atomic E-state index is 7.01. The lowest BCUT2D eigenvalue weighted by atomic mass is 9.98. The second-order valence-corrected chi connectivity index (χ2v) is 14.4. The first-order valence-corrected chi connectivity index (χ1v) is 18.9. The third kappa shape index (κ3) is 4.64. The highest BCUT2D eigenvalue weighted by molar-refractivity contribution is 6.23. The van der Waals surface area contributed by atoms with Crippen LogP contribution in [0.2, 0.25) is 0 Å². The van der Waals surface area contributed by atoms with Gasteiger partial charge in [0.25, 0.3) is 0 Å². The lowest BCUT2D eigenvalue weighted by Gasteiger charge is -2.12. The number of aromatic nitrogens is 4. The molecule has 0 saturated heterocycles. The van der Waals surface area contributed by atoms with Gasteiger partial charge in [-0.05, 0) is 68.7 Å². The Kier molecular flexibility index (Phi) is 6.56. The quantitative estimate of drug-likeness (QED) is 0.182. The molecule has 0 fully saturated rings. The zero-order valence-corrected chi connectivity index (χ0v) is 30.0. The molecule has 0 aliphatic carbocycles. The molecule has 5 heteroatoms. The van der Waals surface area contributed by atoms with Gasteiger partial charge < -0.3 is 8.98 Å². The predicted octanol–water partition coefficient (Wildman–Crippen LogP) is 13.3. The smallest absolute Gasteiger partial charge is 0.164 e. The number of hydrogen-bond acceptors (Lipinski definition) is 4. The van der Waals surface area contributed by atoms with Crippen LogP contribution in [-0.4, -0.2) is 19.5 Å². The van der Waals surface area contributed by atoms with E-state index >= 15 is 0 Å². The molecule has 12 rings (SSSR count). The van der Waals surface area contributed by atoms with Crippen molar-refractivity contribution < 1.29 is 4.42 Å². The van der Waals surface area contributed by atoms with E-state index in [9.17, 15) is 0 Å². The van der Waals surface area contributed by atoms with Crippen molar-refractivity contribution >= 4 is 76.1 Å². The summed E-state index contributed by atoms with van der Waals surface area (Å²) in [5, 5.41) is 11.3. The fraction of sp³-hybridized carbons (Fsp3) is 0. The van der Waals surface area contributed by atoms with Gasteiger partial charge in [-0.3, -0.25) is 0 Å². The fourth-order valence-electron chi connectivity index (χ4n) is 8.60. The Morgan fingerprint density at radius 2 is 0.875 bits per heavy atom. The molecular formula is C51H30N4O. The molecule has 260 valence electrons. The first kappa shape index (κ1) is 30.8. The highest BCUT2D eigenvalue weighted by atomic mass is 16.3. The van der Waals surface area contributed by atoms with E-state index in [1.165, 1.54) is 21.5 Å². The molecule has 0 saturated carbocycles. The zero-order valence-electron chi connectivity index (χ0n) is 30.0. The van der Waals surface area contributed by atoms with Gasteiger partial charge in [-0.25, -0.2) is 15.0 Å². The van der Waals surface area contributed by atoms with Gasteiger partial charge >= 0.3 is 0 Å². The first-order chi connectivity index (χ1) is 27.7. The average Bonchev–Trinajstić information content (AvgIpc) is 3.82. The molecule has 0 radical (unpaired) electrons. The highest BCUT2D eigenvalue weighted by Gasteiger charge is 2.22. The van der Waals surface area contributed by atoms with Crippen molar-refractivity contribution in [3.8, 4) is 39.9 Å². The largest absolute Gasteiger partial charge is 0.454 e. The van der Waals surface area contributed by atoms with Crippen molar-refractivity contribution in [1.82, 2.24) is 19.5 Å². The summed E-state index contributed by atoms with van der Waals surface area (Å²) in [4.78, 5) is 15.6. The van der Waals surface area contributed by atoms with Crippen LogP contribution in [0, 0.1) is 0 Å². The van der Waals surface area contributed by atoms with Crippen molar-refractivity contribution in [1.29, 1.82) is 0 Å². The Hall–Kier alpha value is -7.63. The minimum atomic E-state index is 0.590. The van der Waals surface area contributed by atoms with Crippen molar-refractivity contribution in [3.63, 3.8) is 0 Å². The van der Waals surface area contributed by atoms with E-state index < -0.39 is 0 Å². The van der Waals surface area contributed by atoms with Crippen molar-refractivity contribution in [2.24, 2.45) is 0 Å². The summed E-state index contributed by atoms with van der Waals surface area (Å²) in [6, 6.07) is 63.8. The summed E-state index contributed by atoms with van der Waals surface area (Å²) in [5.74, 6) is 1.82. The zero-order chi connectivity index (χ0) is 36.7. The summed E-state index contributed by atoms with van der Waals surface area (Å²) in [7, 11) is 0. The molecule has 0 bridgehead atoms. The molecule has 0 aliphatic rings. The monoisotopic (exact) mass is 714 g/mol. The van der Waals surface area contributed by atoms with E-state index in [1.54, 1.807) is 0 Å². The van der Waals surface area contributed by atoms with E-state index in [0.717, 1.165) is 76.9 Å². The molecule has 0 unspecified atom stereocenters. The van der Waals surface area contributed by atoms with Crippen LogP contribution in [0.15, 0.2) is 186 Å². The second-order valence-electron chi connectivity index (χ2n) is 14.4. The molecule has 56 heavy (non-hydrogen) atoms. The molecular weight excluding hydrogens is 685 g/mol. The van der Waals surface area contributed by atoms with E-state index in [4.69, 9.17) is 19.4 Å². The Balaban J connectivity index is 1.13. The standard InChI is InChI=1S/C51H30N4O/c1-3-14-33-28-35(26-24-31(33)12-1)49-52-50(36-27-25-32-13-2-4-15-34(32)29-36)54-51(53-49)42-30-46-47(40-19-6-5-16-37(40)42)41-20-11-23-45(48(41)56-46)55-43-21-9-7-17-38(43)39-18-8-10-22-44(39)55/h1-30H. The van der Waals surface area contributed by atoms with Gasteiger partial charge in [0.05, 0.1) is 16.7 Å². The van der Waals surface area contributed by atoms with E-state index in [-0.39, 0.29) is 0 Å². The molecule has 0 aliphatic heterocycles. The van der Waals surface area contributed by atoms with Crippen LogP contribution < -0.4 is 0 Å². The molecule has 12 aromatic rings. The van der Waals surface area contributed by atoms with Crippen LogP contribution >= 0.6 is 0 Å². The van der Waals surface area contributed by atoms with Gasteiger partial charge in [-0.2, -0.15) is 0 Å². The summed E-state index contributed by atoms with van der Waals surface area (Å²) < 4.78 is 9.34. The van der Waals surface area contributed by atoms with Gasteiger partial charge in [-0.15, -0.1) is 0 Å². The predicted molar refractivity (Wildman–Crippen MR) is 230 cm³/mol. The molecule has 3 aromatic heterocycles. The van der Waals surface area contributed by atoms with Crippen LogP contribution in [0.3, 0.4) is 0 Å². The van der Waals surface area contributed by atoms with E-state index in [0.29, 0.717) is 17.5 Å². The van der Waals surface area contributed by atoms with Crippen molar-refractivity contribution in [2.45, 2.75) is 0 Å². The molecule has 0 spiro atoms. The number of hydrogen-bond donors (Lipinski definition) is 0. The summed E-state index contributed by atoms with van der Waals surface area (Å²) in [5.41, 5.74) is 7.64. The van der Waals surface area contributed by atoms with Crippen LogP contribution in [0.4, 0.5) is 0 Å². The molecule has 9 aromatic carbocycles. The minimum absolute atomic E-state index is 0.590. The molecule has 0 N–H and O–H groups in total. The molecule has 3 heterocycles. The van der Waals surface area contributed by atoms with E-state index in [2.05, 4.69) is 187 Å². The van der Waals surface area contributed by atoms with Gasteiger partial charge in [0.2, 0.25) is 0 Å². The third-order valence-corrected chi connectivity index (χ3v) is 11.2. The second kappa shape index (κ2) is 11.9. The van der Waals surface area contributed by atoms with E-state index in [1.807, 2.05) is 0 Å². The van der Waals surface area contributed by atoms with Crippen LogP contribution in [0.1, 0.15) is 0 Å². The Morgan fingerprint density at radius 1 is 0.375 bits per heavy atom. The number of nitrogens with zero attached hydrogens (tertiary/aromatic N) is 4. The van der Waals surface area contributed by atoms with Crippen molar-refractivity contribution in [2.75, 3.05) is 0 Å². The van der Waals surface area contributed by atoms with Gasteiger partial charge in [0.15, 0.2) is 23.1 Å². The highest BCUT2D eigenvalue weighted by Crippen LogP contribution is 2.43. The van der Waals surface area contributed by atoms with Gasteiger partial charge in [-0.1, -0.05) is 146 Å². The SMILES string of the molecule is c1ccc2cc(-c3nc(-c4ccc5ccccc5c4)nc(-c4cc5oc6c(-n7c8ccccc8c8ccccc87)cccc6c5c5ccccc45)n3)ccc2c1. The third-order valence-electron chi connectivity index (χ3n) is 11.2. The number of furan rings is 1. The van der Waals surface area contributed by atoms with Crippen LogP contribution in [-0.2, 0) is 0 Å². The average molecular weight is 715 g/mol. The number of para-hydroxylation sites is 3. The summed E-state index contributed by atoms with van der Waals surface area (Å²) in [6.07, 6.45) is 0. The molecule has 5 nitrogen and oxygen atoms in total. The first-order valence-electron chi connectivity index (χ1n) is 18.9. The summed E-state index contributed by atoms with van der Waals surface area (Å²) in [6.45, 7) is 0. The lowest BCUT2D eigenvalue weighted by molar-refractivity contribution is 0.666. The summed E-state index contributed by atoms with van der Waals surface area (Å²) >= 11 is 0. The Labute approximate surface area is 320 Å². The lowest BCUT2D eigenvalue weighted by Crippen LogP contribution is -2.00. The Morgan fingerprint density at radius 3 is 1.50 bits per heavy atom. The normalized spacial score (nSPS) is 11.9. The number of rotatable bonds is 4. The van der Waals surface area contributed by atoms with Gasteiger partial charge in [0.1, 0.15) is 5.58 Å². The van der Waals surface area contributed by atoms with Gasteiger partial charge in [0, 0.05) is 38.2 Å². The molecule has 0 atom stereocenters. The topological polar surface area (TPSA) is 56.7 Å². The molecule has 0 amide bonds. The van der Waals surface area contributed by atoms with Crippen molar-refractivity contribution in [3.05, 3.63) is 182 Å². The number of fused-ring (bicyclic) bond motifs is 10. The van der Waals surface area contributed by atoms with Crippen LogP contribution in [0.25, 0.3) is 116 Å². The van der Waals surface area contributed by atoms with Crippen LogP contribution in [0.5, 0.6) is 0 Å². The minimum Gasteiger partial charge on any atom is -0.454 e. The maximum absolute atomic E-state index is 7.01.